The molecule has 0 saturated heterocycles. The third-order valence-corrected chi connectivity index (χ3v) is 4.45. The summed E-state index contributed by atoms with van der Waals surface area (Å²) in [5, 5.41) is 16.3. The molecule has 166 valence electrons. The fourth-order valence-corrected chi connectivity index (χ4v) is 2.85. The summed E-state index contributed by atoms with van der Waals surface area (Å²) in [5.74, 6) is -2.61. The van der Waals surface area contributed by atoms with Crippen LogP contribution < -0.4 is 16.0 Å². The van der Waals surface area contributed by atoms with Crippen LogP contribution in [0.4, 0.5) is 5.69 Å². The molecule has 0 fully saturated rings. The number of anilines is 1. The van der Waals surface area contributed by atoms with Crippen LogP contribution >= 0.6 is 23.2 Å². The summed E-state index contributed by atoms with van der Waals surface area (Å²) in [6, 6.07) is 13.0. The molecule has 0 radical (unpaired) electrons. The lowest BCUT2D eigenvalue weighted by Crippen LogP contribution is -2.39. The molecule has 0 unspecified atom stereocenters. The molecule has 0 saturated carbocycles. The van der Waals surface area contributed by atoms with Crippen molar-refractivity contribution in [3.8, 4) is 6.07 Å². The standard InChI is InChI=1S/C21H18Cl2N4O5/c22-14-3-6-16(17(23)9-14)21(31)26-10-18(28)25-11-20(30)32-12-19(29)27-15-4-1-13(2-5-15)7-8-24/h1-6,9H,7,10-12H2,(H,25,28)(H,26,31)(H,27,29). The van der Waals surface area contributed by atoms with E-state index in [4.69, 9.17) is 33.2 Å². The summed E-state index contributed by atoms with van der Waals surface area (Å²) < 4.78 is 4.78. The van der Waals surface area contributed by atoms with Gasteiger partial charge in [-0.05, 0) is 35.9 Å². The van der Waals surface area contributed by atoms with Crippen molar-refractivity contribution in [1.29, 1.82) is 5.26 Å². The molecular weight excluding hydrogens is 459 g/mol. The lowest BCUT2D eigenvalue weighted by Gasteiger charge is -2.09. The second-order valence-corrected chi connectivity index (χ2v) is 7.17. The van der Waals surface area contributed by atoms with Crippen LogP contribution in [0.25, 0.3) is 0 Å². The molecule has 0 aromatic heterocycles. The zero-order chi connectivity index (χ0) is 23.5. The molecule has 11 heteroatoms. The molecule has 0 bridgehead atoms. The average molecular weight is 477 g/mol. The number of rotatable bonds is 9. The van der Waals surface area contributed by atoms with Crippen LogP contribution in [0, 0.1) is 11.3 Å². The number of esters is 1. The maximum Gasteiger partial charge on any atom is 0.325 e. The third kappa shape index (κ3) is 8.26. The summed E-state index contributed by atoms with van der Waals surface area (Å²) in [5.41, 5.74) is 1.44. The third-order valence-electron chi connectivity index (χ3n) is 3.90. The lowest BCUT2D eigenvalue weighted by molar-refractivity contribution is -0.147. The maximum absolute atomic E-state index is 12.0. The highest BCUT2D eigenvalue weighted by Gasteiger charge is 2.13. The van der Waals surface area contributed by atoms with Gasteiger partial charge in [0, 0.05) is 10.7 Å². The monoisotopic (exact) mass is 476 g/mol. The van der Waals surface area contributed by atoms with E-state index in [1.54, 1.807) is 24.3 Å². The summed E-state index contributed by atoms with van der Waals surface area (Å²) in [6.07, 6.45) is 0.260. The van der Waals surface area contributed by atoms with Gasteiger partial charge in [0.05, 0.1) is 29.6 Å². The van der Waals surface area contributed by atoms with Crippen LogP contribution in [-0.2, 0) is 25.5 Å². The Morgan fingerprint density at radius 3 is 2.31 bits per heavy atom. The van der Waals surface area contributed by atoms with Crippen molar-refractivity contribution in [2.45, 2.75) is 6.42 Å². The molecule has 0 aliphatic heterocycles. The van der Waals surface area contributed by atoms with Gasteiger partial charge in [-0.15, -0.1) is 0 Å². The highest BCUT2D eigenvalue weighted by Crippen LogP contribution is 2.20. The average Bonchev–Trinajstić information content (AvgIpc) is 2.76. The Morgan fingerprint density at radius 1 is 0.938 bits per heavy atom. The van der Waals surface area contributed by atoms with Crippen LogP contribution in [0.5, 0.6) is 0 Å². The van der Waals surface area contributed by atoms with E-state index in [0.29, 0.717) is 10.7 Å². The Hall–Kier alpha value is -3.61. The Kier molecular flexibility index (Phi) is 9.47. The Balaban J connectivity index is 1.66. The quantitative estimate of drug-likeness (QED) is 0.473. The molecule has 2 rings (SSSR count). The van der Waals surface area contributed by atoms with E-state index >= 15 is 0 Å². The minimum Gasteiger partial charge on any atom is -0.454 e. The largest absolute Gasteiger partial charge is 0.454 e. The SMILES string of the molecule is N#CCc1ccc(NC(=O)COC(=O)CNC(=O)CNC(=O)c2ccc(Cl)cc2Cl)cc1. The fraction of sp³-hybridized carbons (Fsp3) is 0.190. The van der Waals surface area contributed by atoms with E-state index in [2.05, 4.69) is 16.0 Å². The minimum absolute atomic E-state index is 0.135. The maximum atomic E-state index is 12.0. The van der Waals surface area contributed by atoms with E-state index in [9.17, 15) is 19.2 Å². The van der Waals surface area contributed by atoms with E-state index in [-0.39, 0.29) is 17.0 Å². The Morgan fingerprint density at radius 2 is 1.66 bits per heavy atom. The predicted molar refractivity (Wildman–Crippen MR) is 117 cm³/mol. The smallest absolute Gasteiger partial charge is 0.325 e. The van der Waals surface area contributed by atoms with Gasteiger partial charge in [0.15, 0.2) is 6.61 Å². The lowest BCUT2D eigenvalue weighted by atomic mass is 10.1. The van der Waals surface area contributed by atoms with E-state index in [1.165, 1.54) is 18.2 Å². The number of carbonyl (C=O) groups excluding carboxylic acids is 4. The van der Waals surface area contributed by atoms with Gasteiger partial charge in [0.1, 0.15) is 6.54 Å². The summed E-state index contributed by atoms with van der Waals surface area (Å²) >= 11 is 11.7. The highest BCUT2D eigenvalue weighted by atomic mass is 35.5. The van der Waals surface area contributed by atoms with Gasteiger partial charge in [-0.2, -0.15) is 5.26 Å². The number of halogens is 2. The van der Waals surface area contributed by atoms with Crippen LogP contribution in [0.2, 0.25) is 10.0 Å². The molecule has 3 N–H and O–H groups in total. The van der Waals surface area contributed by atoms with Gasteiger partial charge >= 0.3 is 5.97 Å². The van der Waals surface area contributed by atoms with Crippen molar-refractivity contribution < 1.29 is 23.9 Å². The topological polar surface area (TPSA) is 137 Å². The number of amides is 3. The molecule has 0 atom stereocenters. The molecule has 0 aliphatic rings. The highest BCUT2D eigenvalue weighted by molar-refractivity contribution is 6.36. The number of nitriles is 1. The van der Waals surface area contributed by atoms with Crippen molar-refractivity contribution in [1.82, 2.24) is 10.6 Å². The number of benzene rings is 2. The van der Waals surface area contributed by atoms with Gasteiger partial charge in [0.2, 0.25) is 5.91 Å². The van der Waals surface area contributed by atoms with Crippen molar-refractivity contribution >= 4 is 52.6 Å². The molecule has 0 spiro atoms. The number of ether oxygens (including phenoxy) is 1. The minimum atomic E-state index is -0.829. The van der Waals surface area contributed by atoms with Gasteiger partial charge in [-0.25, -0.2) is 0 Å². The first-order valence-corrected chi connectivity index (χ1v) is 9.95. The Labute approximate surface area is 193 Å². The summed E-state index contributed by atoms with van der Waals surface area (Å²) in [7, 11) is 0. The predicted octanol–water partition coefficient (Wildman–Crippen LogP) is 2.09. The first kappa shape index (κ1) is 24.7. The fourth-order valence-electron chi connectivity index (χ4n) is 2.35. The van der Waals surface area contributed by atoms with E-state index in [0.717, 1.165) is 5.56 Å². The number of hydrogen-bond donors (Lipinski definition) is 3. The first-order chi connectivity index (χ1) is 15.3. The van der Waals surface area contributed by atoms with Crippen LogP contribution in [0.3, 0.4) is 0 Å². The first-order valence-electron chi connectivity index (χ1n) is 9.20. The molecule has 2 aromatic carbocycles. The molecule has 0 aliphatic carbocycles. The zero-order valence-corrected chi connectivity index (χ0v) is 18.1. The number of carbonyl (C=O) groups is 4. The van der Waals surface area contributed by atoms with Gasteiger partial charge < -0.3 is 20.7 Å². The van der Waals surface area contributed by atoms with Gasteiger partial charge in [-0.1, -0.05) is 35.3 Å². The van der Waals surface area contributed by atoms with Crippen LogP contribution in [0.1, 0.15) is 15.9 Å². The Bertz CT molecular complexity index is 1050. The second kappa shape index (κ2) is 12.3. The van der Waals surface area contributed by atoms with E-state index in [1.807, 2.05) is 6.07 Å². The van der Waals surface area contributed by atoms with Crippen LogP contribution in [-0.4, -0.2) is 43.4 Å². The second-order valence-electron chi connectivity index (χ2n) is 6.32. The normalized spacial score (nSPS) is 9.91. The van der Waals surface area contributed by atoms with Crippen molar-refractivity contribution in [3.05, 3.63) is 63.6 Å². The number of hydrogen-bond acceptors (Lipinski definition) is 6. The van der Waals surface area contributed by atoms with Crippen molar-refractivity contribution in [2.75, 3.05) is 25.0 Å². The van der Waals surface area contributed by atoms with Crippen molar-refractivity contribution in [3.63, 3.8) is 0 Å². The molecule has 9 nitrogen and oxygen atoms in total. The summed E-state index contributed by atoms with van der Waals surface area (Å²) in [6.45, 7) is -1.42. The number of nitrogens with one attached hydrogen (secondary N) is 3. The molecule has 0 heterocycles. The number of nitrogens with zero attached hydrogens (tertiary/aromatic N) is 1. The van der Waals surface area contributed by atoms with Gasteiger partial charge in [0.25, 0.3) is 11.8 Å². The molecule has 2 aromatic rings. The van der Waals surface area contributed by atoms with Crippen LogP contribution in [0.15, 0.2) is 42.5 Å². The molecular formula is C21H18Cl2N4O5. The molecule has 32 heavy (non-hydrogen) atoms. The molecule has 3 amide bonds. The van der Waals surface area contributed by atoms with Crippen molar-refractivity contribution in [2.24, 2.45) is 0 Å². The summed E-state index contributed by atoms with van der Waals surface area (Å²) in [4.78, 5) is 47.3. The zero-order valence-electron chi connectivity index (χ0n) is 16.6. The van der Waals surface area contributed by atoms with Gasteiger partial charge in [-0.3, -0.25) is 19.2 Å². The van der Waals surface area contributed by atoms with E-state index < -0.39 is 43.4 Å².